The number of hydrogen-bond acceptors (Lipinski definition) is 4. The average molecular weight is 265 g/mol. The fourth-order valence-corrected chi connectivity index (χ4v) is 1.66. The first-order chi connectivity index (χ1) is 8.41. The van der Waals surface area contributed by atoms with Crippen molar-refractivity contribution in [3.63, 3.8) is 0 Å². The summed E-state index contributed by atoms with van der Waals surface area (Å²) in [6.07, 6.45) is 0. The maximum absolute atomic E-state index is 10.6. The molecule has 0 heterocycles. The normalized spacial score (nSPS) is 10.3. The lowest BCUT2D eigenvalue weighted by atomic mass is 10.3. The molecular weight excluding hydrogens is 250 g/mol. The van der Waals surface area contributed by atoms with Crippen molar-refractivity contribution >= 4 is 21.4 Å². The molecule has 18 heavy (non-hydrogen) atoms. The SMILES string of the molecule is NS(=O)(=O)c1ccccc1.Nc1ccccc1N. The molecule has 0 aliphatic carbocycles. The van der Waals surface area contributed by atoms with Crippen LogP contribution in [0.15, 0.2) is 59.5 Å². The Morgan fingerprint density at radius 2 is 1.11 bits per heavy atom. The molecule has 0 radical (unpaired) electrons. The van der Waals surface area contributed by atoms with E-state index in [9.17, 15) is 8.42 Å². The number of nitrogen functional groups attached to an aromatic ring is 2. The molecular formula is C12H15N3O2S. The van der Waals surface area contributed by atoms with Gasteiger partial charge in [0.25, 0.3) is 0 Å². The van der Waals surface area contributed by atoms with Gasteiger partial charge >= 0.3 is 0 Å². The zero-order valence-corrected chi connectivity index (χ0v) is 10.5. The zero-order chi connectivity index (χ0) is 13.6. The van der Waals surface area contributed by atoms with Gasteiger partial charge in [-0.15, -0.1) is 0 Å². The molecule has 0 atom stereocenters. The second kappa shape index (κ2) is 6.04. The summed E-state index contributed by atoms with van der Waals surface area (Å²) in [5, 5.41) is 4.83. The molecule has 0 amide bonds. The third-order valence-electron chi connectivity index (χ3n) is 2.07. The van der Waals surface area contributed by atoms with Gasteiger partial charge in [0.15, 0.2) is 0 Å². The fraction of sp³-hybridized carbons (Fsp3) is 0. The van der Waals surface area contributed by atoms with Crippen LogP contribution in [0, 0.1) is 0 Å². The van der Waals surface area contributed by atoms with Crippen LogP contribution < -0.4 is 16.6 Å². The topological polar surface area (TPSA) is 112 Å². The van der Waals surface area contributed by atoms with E-state index >= 15 is 0 Å². The molecule has 5 nitrogen and oxygen atoms in total. The predicted octanol–water partition coefficient (Wildman–Crippen LogP) is 1.19. The van der Waals surface area contributed by atoms with E-state index in [1.165, 1.54) is 12.1 Å². The summed E-state index contributed by atoms with van der Waals surface area (Å²) in [5.41, 5.74) is 12.1. The first-order valence-electron chi connectivity index (χ1n) is 5.09. The molecule has 0 unspecified atom stereocenters. The second-order valence-corrected chi connectivity index (χ2v) is 5.05. The highest BCUT2D eigenvalue weighted by Crippen LogP contribution is 2.10. The van der Waals surface area contributed by atoms with Crippen LogP contribution in [-0.4, -0.2) is 8.42 Å². The minimum atomic E-state index is -3.50. The first kappa shape index (κ1) is 14.0. The number of anilines is 2. The highest BCUT2D eigenvalue weighted by molar-refractivity contribution is 7.89. The van der Waals surface area contributed by atoms with Gasteiger partial charge in [-0.1, -0.05) is 30.3 Å². The standard InChI is InChI=1S/C6H8N2.C6H7NO2S/c7-5-3-1-2-4-6(5)8;7-10(8,9)6-4-2-1-3-5-6/h1-4H,7-8H2;1-5H,(H2,7,8,9). The van der Waals surface area contributed by atoms with E-state index in [1.807, 2.05) is 12.1 Å². The largest absolute Gasteiger partial charge is 0.397 e. The lowest BCUT2D eigenvalue weighted by Gasteiger charge is -1.94. The number of rotatable bonds is 1. The van der Waals surface area contributed by atoms with Gasteiger partial charge in [0, 0.05) is 0 Å². The molecule has 96 valence electrons. The monoisotopic (exact) mass is 265 g/mol. The van der Waals surface area contributed by atoms with Crippen molar-refractivity contribution in [3.05, 3.63) is 54.6 Å². The first-order valence-corrected chi connectivity index (χ1v) is 6.63. The molecule has 0 fully saturated rings. The van der Waals surface area contributed by atoms with Crippen LogP contribution in [0.2, 0.25) is 0 Å². The second-order valence-electron chi connectivity index (χ2n) is 3.49. The van der Waals surface area contributed by atoms with Crippen LogP contribution in [0.1, 0.15) is 0 Å². The summed E-state index contributed by atoms with van der Waals surface area (Å²) in [6, 6.07) is 15.1. The minimum absolute atomic E-state index is 0.148. The van der Waals surface area contributed by atoms with Crippen LogP contribution in [0.25, 0.3) is 0 Å². The molecule has 6 N–H and O–H groups in total. The van der Waals surface area contributed by atoms with Crippen molar-refractivity contribution in [3.8, 4) is 0 Å². The third kappa shape index (κ3) is 4.44. The van der Waals surface area contributed by atoms with Crippen molar-refractivity contribution in [1.82, 2.24) is 0 Å². The Morgan fingerprint density at radius 1 is 0.722 bits per heavy atom. The van der Waals surface area contributed by atoms with Gasteiger partial charge in [-0.25, -0.2) is 13.6 Å². The van der Waals surface area contributed by atoms with Crippen LogP contribution >= 0.6 is 0 Å². The van der Waals surface area contributed by atoms with E-state index in [4.69, 9.17) is 16.6 Å². The van der Waals surface area contributed by atoms with Crippen molar-refractivity contribution in [2.45, 2.75) is 4.90 Å². The number of benzene rings is 2. The molecule has 2 rings (SSSR count). The maximum atomic E-state index is 10.6. The third-order valence-corrected chi connectivity index (χ3v) is 3.00. The summed E-state index contributed by atoms with van der Waals surface area (Å²) in [4.78, 5) is 0.148. The Kier molecular flexibility index (Phi) is 4.70. The number of hydrogen-bond donors (Lipinski definition) is 3. The van der Waals surface area contributed by atoms with Gasteiger partial charge in [0.2, 0.25) is 10.0 Å². The highest BCUT2D eigenvalue weighted by atomic mass is 32.2. The summed E-state index contributed by atoms with van der Waals surface area (Å²) in [6.45, 7) is 0. The fourth-order valence-electron chi connectivity index (χ4n) is 1.12. The molecule has 0 aliphatic heterocycles. The van der Waals surface area contributed by atoms with Crippen LogP contribution in [0.3, 0.4) is 0 Å². The van der Waals surface area contributed by atoms with E-state index in [2.05, 4.69) is 0 Å². The summed E-state index contributed by atoms with van der Waals surface area (Å²) in [7, 11) is -3.50. The maximum Gasteiger partial charge on any atom is 0.238 e. The molecule has 0 saturated heterocycles. The van der Waals surface area contributed by atoms with Crippen molar-refractivity contribution in [1.29, 1.82) is 0 Å². The van der Waals surface area contributed by atoms with Gasteiger partial charge in [-0.05, 0) is 24.3 Å². The molecule has 0 bridgehead atoms. The Labute approximate surface area is 106 Å². The van der Waals surface area contributed by atoms with Crippen LogP contribution in [0.5, 0.6) is 0 Å². The van der Waals surface area contributed by atoms with Gasteiger partial charge < -0.3 is 11.5 Å². The van der Waals surface area contributed by atoms with Crippen molar-refractivity contribution in [2.24, 2.45) is 5.14 Å². The van der Waals surface area contributed by atoms with E-state index in [1.54, 1.807) is 30.3 Å². The van der Waals surface area contributed by atoms with E-state index in [0.717, 1.165) is 0 Å². The van der Waals surface area contributed by atoms with Gasteiger partial charge in [-0.3, -0.25) is 0 Å². The number of para-hydroxylation sites is 2. The molecule has 6 heteroatoms. The Hall–Kier alpha value is -2.05. The number of nitrogens with two attached hydrogens (primary N) is 3. The highest BCUT2D eigenvalue weighted by Gasteiger charge is 2.03. The van der Waals surface area contributed by atoms with Crippen molar-refractivity contribution in [2.75, 3.05) is 11.5 Å². The molecule has 2 aromatic rings. The van der Waals surface area contributed by atoms with Crippen LogP contribution in [0.4, 0.5) is 11.4 Å². The number of sulfonamides is 1. The Morgan fingerprint density at radius 3 is 1.39 bits per heavy atom. The van der Waals surface area contributed by atoms with Gasteiger partial charge in [0.05, 0.1) is 16.3 Å². The van der Waals surface area contributed by atoms with Gasteiger partial charge in [-0.2, -0.15) is 0 Å². The Balaban J connectivity index is 0.000000184. The van der Waals surface area contributed by atoms with Gasteiger partial charge in [0.1, 0.15) is 0 Å². The zero-order valence-electron chi connectivity index (χ0n) is 9.65. The minimum Gasteiger partial charge on any atom is -0.397 e. The quantitative estimate of drug-likeness (QED) is 0.672. The van der Waals surface area contributed by atoms with E-state index in [0.29, 0.717) is 11.4 Å². The molecule has 0 spiro atoms. The van der Waals surface area contributed by atoms with E-state index in [-0.39, 0.29) is 4.90 Å². The molecule has 2 aromatic carbocycles. The lowest BCUT2D eigenvalue weighted by Crippen LogP contribution is -2.11. The average Bonchev–Trinajstić information content (AvgIpc) is 2.34. The molecule has 0 aromatic heterocycles. The smallest absolute Gasteiger partial charge is 0.238 e. The van der Waals surface area contributed by atoms with Crippen molar-refractivity contribution < 1.29 is 8.42 Å². The predicted molar refractivity (Wildman–Crippen MR) is 73.1 cm³/mol. The number of primary sulfonamides is 1. The van der Waals surface area contributed by atoms with E-state index < -0.39 is 10.0 Å². The summed E-state index contributed by atoms with van der Waals surface area (Å²) < 4.78 is 21.2. The summed E-state index contributed by atoms with van der Waals surface area (Å²) >= 11 is 0. The van der Waals surface area contributed by atoms with Crippen LogP contribution in [-0.2, 0) is 10.0 Å². The molecule has 0 saturated carbocycles. The summed E-state index contributed by atoms with van der Waals surface area (Å²) in [5.74, 6) is 0. The Bertz CT molecular complexity index is 577. The lowest BCUT2D eigenvalue weighted by molar-refractivity contribution is 0.598. The molecule has 0 aliphatic rings.